The smallest absolute Gasteiger partial charge is 0.252 e. The summed E-state index contributed by atoms with van der Waals surface area (Å²) in [6.45, 7) is 5.93. The van der Waals surface area contributed by atoms with Gasteiger partial charge in [0, 0.05) is 35.1 Å². The summed E-state index contributed by atoms with van der Waals surface area (Å²) >= 11 is 6.14. The second-order valence-electron chi connectivity index (χ2n) is 7.56. The molecule has 31 heavy (non-hydrogen) atoms. The van der Waals surface area contributed by atoms with Crippen LogP contribution in [0.25, 0.3) is 16.7 Å². The van der Waals surface area contributed by atoms with E-state index in [4.69, 9.17) is 11.6 Å². The number of halogens is 1. The van der Waals surface area contributed by atoms with Crippen LogP contribution in [-0.4, -0.2) is 20.3 Å². The Bertz CT molecular complexity index is 1340. The quantitative estimate of drug-likeness (QED) is 0.490. The Morgan fingerprint density at radius 2 is 1.81 bits per heavy atom. The number of hydrogen-bond donors (Lipinski definition) is 1. The number of carbonyl (C=O) groups excluding carboxylic acids is 1. The van der Waals surface area contributed by atoms with Crippen molar-refractivity contribution in [2.75, 3.05) is 5.32 Å². The molecule has 2 aromatic carbocycles. The summed E-state index contributed by atoms with van der Waals surface area (Å²) in [4.78, 5) is 25.5. The Morgan fingerprint density at radius 1 is 1.06 bits per heavy atom. The maximum absolute atomic E-state index is 12.9. The number of pyridine rings is 1. The molecule has 4 aromatic rings. The van der Waals surface area contributed by atoms with E-state index in [-0.39, 0.29) is 24.4 Å². The molecule has 0 aliphatic heterocycles. The highest BCUT2D eigenvalue weighted by molar-refractivity contribution is 6.31. The third-order valence-corrected chi connectivity index (χ3v) is 5.81. The summed E-state index contributed by atoms with van der Waals surface area (Å²) in [6.07, 6.45) is 0.142. The standard InChI is InChI=1S/C24H23ClN4O2/c1-15-14-22(31)28(13-12-21(30)26-20-11-7-10-19(25)16(20)2)24-23(15)17(3)27-29(24)18-8-5-4-6-9-18/h4-11,14H,12-13H2,1-3H3,(H,26,30). The number of fused-ring (bicyclic) bond motifs is 1. The molecule has 6 nitrogen and oxygen atoms in total. The molecule has 4 rings (SSSR count). The molecule has 0 saturated carbocycles. The number of nitrogens with one attached hydrogen (secondary N) is 1. The highest BCUT2D eigenvalue weighted by Gasteiger charge is 2.18. The van der Waals surface area contributed by atoms with Crippen LogP contribution in [0.2, 0.25) is 5.02 Å². The molecule has 1 N–H and O–H groups in total. The van der Waals surface area contributed by atoms with E-state index in [9.17, 15) is 9.59 Å². The van der Waals surface area contributed by atoms with Crippen LogP contribution in [0, 0.1) is 20.8 Å². The molecule has 0 bridgehead atoms. The van der Waals surface area contributed by atoms with Gasteiger partial charge in [-0.05, 0) is 56.2 Å². The zero-order valence-corrected chi connectivity index (χ0v) is 18.4. The van der Waals surface area contributed by atoms with Gasteiger partial charge in [0.2, 0.25) is 5.91 Å². The fourth-order valence-corrected chi connectivity index (χ4v) is 3.97. The van der Waals surface area contributed by atoms with Gasteiger partial charge in [0.1, 0.15) is 5.65 Å². The van der Waals surface area contributed by atoms with Crippen LogP contribution in [0.3, 0.4) is 0 Å². The number of carbonyl (C=O) groups is 1. The fraction of sp³-hybridized carbons (Fsp3) is 0.208. The lowest BCUT2D eigenvalue weighted by atomic mass is 10.1. The molecule has 7 heteroatoms. The van der Waals surface area contributed by atoms with E-state index >= 15 is 0 Å². The maximum Gasteiger partial charge on any atom is 0.252 e. The van der Waals surface area contributed by atoms with Crippen molar-refractivity contribution in [3.63, 3.8) is 0 Å². The lowest BCUT2D eigenvalue weighted by Gasteiger charge is -2.13. The van der Waals surface area contributed by atoms with Crippen molar-refractivity contribution in [2.45, 2.75) is 33.7 Å². The minimum atomic E-state index is -0.187. The third kappa shape index (κ3) is 3.99. The van der Waals surface area contributed by atoms with Crippen LogP contribution in [0.1, 0.15) is 23.2 Å². The summed E-state index contributed by atoms with van der Waals surface area (Å²) in [5.41, 5.74) is 4.58. The SMILES string of the molecule is Cc1c(Cl)cccc1NC(=O)CCn1c(=O)cc(C)c2c(C)nn(-c3ccccc3)c21. The van der Waals surface area contributed by atoms with Crippen LogP contribution < -0.4 is 10.9 Å². The van der Waals surface area contributed by atoms with E-state index in [1.165, 1.54) is 0 Å². The van der Waals surface area contributed by atoms with Gasteiger partial charge in [-0.25, -0.2) is 4.68 Å². The number of aromatic nitrogens is 3. The highest BCUT2D eigenvalue weighted by Crippen LogP contribution is 2.25. The van der Waals surface area contributed by atoms with Gasteiger partial charge in [0.05, 0.1) is 11.4 Å². The van der Waals surface area contributed by atoms with E-state index in [1.54, 1.807) is 27.4 Å². The Kier molecular flexibility index (Phi) is 5.65. The monoisotopic (exact) mass is 434 g/mol. The van der Waals surface area contributed by atoms with Crippen LogP contribution in [0.15, 0.2) is 59.4 Å². The third-order valence-electron chi connectivity index (χ3n) is 5.40. The minimum absolute atomic E-state index is 0.142. The zero-order chi connectivity index (χ0) is 22.1. The first-order valence-corrected chi connectivity index (χ1v) is 10.4. The molecule has 2 aromatic heterocycles. The number of amides is 1. The largest absolute Gasteiger partial charge is 0.326 e. The van der Waals surface area contributed by atoms with Gasteiger partial charge in [-0.2, -0.15) is 5.10 Å². The second kappa shape index (κ2) is 8.40. The Labute approximate surface area is 185 Å². The van der Waals surface area contributed by atoms with Crippen molar-refractivity contribution < 1.29 is 4.79 Å². The number of rotatable bonds is 5. The summed E-state index contributed by atoms with van der Waals surface area (Å²) in [5, 5.41) is 9.09. The topological polar surface area (TPSA) is 68.9 Å². The van der Waals surface area contributed by atoms with Crippen LogP contribution in [0.5, 0.6) is 0 Å². The van der Waals surface area contributed by atoms with Crippen LogP contribution in [-0.2, 0) is 11.3 Å². The van der Waals surface area contributed by atoms with Crippen molar-refractivity contribution in [3.8, 4) is 5.69 Å². The van der Waals surface area contributed by atoms with Gasteiger partial charge in [0.25, 0.3) is 5.56 Å². The number of nitrogens with zero attached hydrogens (tertiary/aromatic N) is 3. The molecule has 0 aliphatic rings. The van der Waals surface area contributed by atoms with Crippen LogP contribution >= 0.6 is 11.6 Å². The van der Waals surface area contributed by atoms with Crippen molar-refractivity contribution in [1.29, 1.82) is 0 Å². The van der Waals surface area contributed by atoms with E-state index < -0.39 is 0 Å². The number of anilines is 1. The molecule has 0 aliphatic carbocycles. The van der Waals surface area contributed by atoms with E-state index in [0.717, 1.165) is 27.9 Å². The van der Waals surface area contributed by atoms with E-state index in [0.29, 0.717) is 16.4 Å². The average molecular weight is 435 g/mol. The molecule has 0 radical (unpaired) electrons. The molecule has 0 spiro atoms. The molecular formula is C24H23ClN4O2. The number of aryl methyl sites for hydroxylation is 3. The predicted molar refractivity (Wildman–Crippen MR) is 124 cm³/mol. The van der Waals surface area contributed by atoms with Crippen molar-refractivity contribution in [3.05, 3.63) is 86.8 Å². The summed E-state index contributed by atoms with van der Waals surface area (Å²) < 4.78 is 3.40. The molecule has 0 saturated heterocycles. The number of hydrogen-bond acceptors (Lipinski definition) is 3. The normalized spacial score (nSPS) is 11.1. The Balaban J connectivity index is 1.70. The first-order chi connectivity index (χ1) is 14.9. The van der Waals surface area contributed by atoms with Gasteiger partial charge in [-0.15, -0.1) is 0 Å². The molecular weight excluding hydrogens is 412 g/mol. The molecule has 158 valence electrons. The predicted octanol–water partition coefficient (Wildman–Crippen LogP) is 4.79. The highest BCUT2D eigenvalue weighted by atomic mass is 35.5. The average Bonchev–Trinajstić information content (AvgIpc) is 3.09. The molecule has 0 atom stereocenters. The summed E-state index contributed by atoms with van der Waals surface area (Å²) in [6, 6.07) is 16.7. The van der Waals surface area contributed by atoms with Crippen molar-refractivity contribution in [1.82, 2.24) is 14.3 Å². The van der Waals surface area contributed by atoms with Gasteiger partial charge >= 0.3 is 0 Å². The zero-order valence-electron chi connectivity index (χ0n) is 17.6. The van der Waals surface area contributed by atoms with Crippen molar-refractivity contribution >= 4 is 34.2 Å². The van der Waals surface area contributed by atoms with Gasteiger partial charge in [0.15, 0.2) is 0 Å². The molecule has 0 unspecified atom stereocenters. The first-order valence-electron chi connectivity index (χ1n) is 10.1. The van der Waals surface area contributed by atoms with Crippen LogP contribution in [0.4, 0.5) is 5.69 Å². The Morgan fingerprint density at radius 3 is 2.55 bits per heavy atom. The van der Waals surface area contributed by atoms with E-state index in [2.05, 4.69) is 10.4 Å². The minimum Gasteiger partial charge on any atom is -0.326 e. The van der Waals surface area contributed by atoms with Gasteiger partial charge in [-0.1, -0.05) is 35.9 Å². The summed E-state index contributed by atoms with van der Waals surface area (Å²) in [5.74, 6) is -0.187. The second-order valence-corrected chi connectivity index (χ2v) is 7.97. The van der Waals surface area contributed by atoms with Gasteiger partial charge < -0.3 is 5.32 Å². The van der Waals surface area contributed by atoms with Crippen molar-refractivity contribution in [2.24, 2.45) is 0 Å². The molecule has 1 amide bonds. The first kappa shape index (κ1) is 20.9. The van der Waals surface area contributed by atoms with Gasteiger partial charge in [-0.3, -0.25) is 14.2 Å². The lowest BCUT2D eigenvalue weighted by molar-refractivity contribution is -0.116. The Hall–Kier alpha value is -3.38. The maximum atomic E-state index is 12.9. The van der Waals surface area contributed by atoms with E-state index in [1.807, 2.05) is 57.2 Å². The summed E-state index contributed by atoms with van der Waals surface area (Å²) in [7, 11) is 0. The fourth-order valence-electron chi connectivity index (χ4n) is 3.80. The number of benzene rings is 2. The molecule has 0 fully saturated rings. The lowest BCUT2D eigenvalue weighted by Crippen LogP contribution is -2.25. The number of para-hydroxylation sites is 1. The molecule has 2 heterocycles.